The van der Waals surface area contributed by atoms with Gasteiger partial charge in [0.05, 0.1) is 17.7 Å². The van der Waals surface area contributed by atoms with Crippen molar-refractivity contribution in [2.75, 3.05) is 24.5 Å². The predicted molar refractivity (Wildman–Crippen MR) is 158 cm³/mol. The number of nitrogens with one attached hydrogen (secondary N) is 1. The number of nitrogens with zero attached hydrogens (tertiary/aromatic N) is 2. The van der Waals surface area contributed by atoms with Crippen LogP contribution >= 0.6 is 11.6 Å². The molecule has 0 aromatic heterocycles. The van der Waals surface area contributed by atoms with E-state index in [0.717, 1.165) is 22.7 Å². The molecule has 1 atom stereocenters. The number of hydrogen-bond acceptors (Lipinski definition) is 5. The van der Waals surface area contributed by atoms with Gasteiger partial charge >= 0.3 is 0 Å². The van der Waals surface area contributed by atoms with Gasteiger partial charge in [-0.3, -0.25) is 13.9 Å². The van der Waals surface area contributed by atoms with Gasteiger partial charge in [0.25, 0.3) is 10.0 Å². The fourth-order valence-electron chi connectivity index (χ4n) is 4.25. The minimum atomic E-state index is -4.15. The van der Waals surface area contributed by atoms with Crippen molar-refractivity contribution in [1.82, 2.24) is 10.2 Å². The van der Waals surface area contributed by atoms with Gasteiger partial charge in [0.1, 0.15) is 18.3 Å². The van der Waals surface area contributed by atoms with Crippen molar-refractivity contribution >= 4 is 39.1 Å². The number of anilines is 1. The molecule has 0 radical (unpaired) electrons. The maximum Gasteiger partial charge on any atom is 0.264 e. The van der Waals surface area contributed by atoms with E-state index in [2.05, 4.69) is 5.32 Å². The Labute approximate surface area is 241 Å². The Kier molecular flexibility index (Phi) is 11.4. The third-order valence-corrected chi connectivity index (χ3v) is 8.47. The molecule has 0 bridgehead atoms. The first-order valence-electron chi connectivity index (χ1n) is 13.2. The van der Waals surface area contributed by atoms with E-state index in [9.17, 15) is 18.0 Å². The Morgan fingerprint density at radius 1 is 0.975 bits per heavy atom. The summed E-state index contributed by atoms with van der Waals surface area (Å²) >= 11 is 5.99. The number of methoxy groups -OCH3 is 1. The van der Waals surface area contributed by atoms with Crippen LogP contribution in [0.3, 0.4) is 0 Å². The van der Waals surface area contributed by atoms with Crippen LogP contribution < -0.4 is 14.4 Å². The van der Waals surface area contributed by atoms with E-state index < -0.39 is 28.5 Å². The lowest BCUT2D eigenvalue weighted by molar-refractivity contribution is -0.140. The summed E-state index contributed by atoms with van der Waals surface area (Å²) in [5.41, 5.74) is 1.08. The molecule has 1 N–H and O–H groups in total. The molecule has 8 nitrogen and oxygen atoms in total. The summed E-state index contributed by atoms with van der Waals surface area (Å²) in [7, 11) is -2.59. The molecule has 40 heavy (non-hydrogen) atoms. The zero-order valence-electron chi connectivity index (χ0n) is 23.0. The van der Waals surface area contributed by atoms with E-state index in [0.29, 0.717) is 29.4 Å². The number of carbonyl (C=O) groups excluding carboxylic acids is 2. The lowest BCUT2D eigenvalue weighted by Gasteiger charge is -2.33. The van der Waals surface area contributed by atoms with Gasteiger partial charge in [0.2, 0.25) is 11.8 Å². The van der Waals surface area contributed by atoms with Crippen LogP contribution in [0.1, 0.15) is 38.7 Å². The lowest BCUT2D eigenvalue weighted by atomic mass is 10.1. The van der Waals surface area contributed by atoms with Crippen LogP contribution in [0.25, 0.3) is 0 Å². The van der Waals surface area contributed by atoms with Crippen molar-refractivity contribution < 1.29 is 22.7 Å². The first-order valence-corrected chi connectivity index (χ1v) is 15.1. The number of benzene rings is 3. The van der Waals surface area contributed by atoms with E-state index in [4.69, 9.17) is 16.3 Å². The average Bonchev–Trinajstić information content (AvgIpc) is 2.96. The third-order valence-electron chi connectivity index (χ3n) is 6.43. The number of para-hydroxylation sites is 1. The summed E-state index contributed by atoms with van der Waals surface area (Å²) in [6.45, 7) is 3.95. The number of sulfonamides is 1. The summed E-state index contributed by atoms with van der Waals surface area (Å²) in [4.78, 5) is 28.7. The molecule has 0 aliphatic rings. The molecule has 0 saturated carbocycles. The predicted octanol–water partition coefficient (Wildman–Crippen LogP) is 5.27. The van der Waals surface area contributed by atoms with Gasteiger partial charge in [-0.15, -0.1) is 0 Å². The summed E-state index contributed by atoms with van der Waals surface area (Å²) in [6.07, 6.45) is 2.08. The van der Waals surface area contributed by atoms with Crippen LogP contribution in [-0.4, -0.2) is 51.4 Å². The number of unbranched alkanes of at least 4 members (excludes halogenated alkanes) is 1. The van der Waals surface area contributed by atoms with E-state index in [1.165, 1.54) is 29.2 Å². The highest BCUT2D eigenvalue weighted by Gasteiger charge is 2.33. The van der Waals surface area contributed by atoms with Crippen molar-refractivity contribution in [3.63, 3.8) is 0 Å². The molecule has 0 spiro atoms. The largest absolute Gasteiger partial charge is 0.497 e. The van der Waals surface area contributed by atoms with Gasteiger partial charge in [-0.1, -0.05) is 62.2 Å². The molecule has 0 aliphatic carbocycles. The van der Waals surface area contributed by atoms with Gasteiger partial charge in [-0.05, 0) is 66.9 Å². The maximum atomic E-state index is 14.0. The standard InChI is InChI=1S/C30H36ClN3O5S/c1-4-6-19-32-30(36)28(5-2)33(21-23-11-10-14-26(20-23)39-3)29(35)22-34(25-12-8-7-9-13-25)40(37,38)27-17-15-24(31)16-18-27/h7-18,20,28H,4-6,19,21-22H2,1-3H3,(H,32,36)/t28-/m0/s1. The highest BCUT2D eigenvalue weighted by atomic mass is 35.5. The molecule has 2 amide bonds. The fraction of sp³-hybridized carbons (Fsp3) is 0.333. The second-order valence-corrected chi connectivity index (χ2v) is 11.5. The van der Waals surface area contributed by atoms with Crippen LogP contribution in [-0.2, 0) is 26.2 Å². The molecule has 3 aromatic rings. The molecule has 3 rings (SSSR count). The van der Waals surface area contributed by atoms with Gasteiger partial charge in [-0.25, -0.2) is 8.42 Å². The van der Waals surface area contributed by atoms with Gasteiger partial charge < -0.3 is 15.0 Å². The van der Waals surface area contributed by atoms with E-state index >= 15 is 0 Å². The van der Waals surface area contributed by atoms with Crippen LogP contribution in [0, 0.1) is 0 Å². The smallest absolute Gasteiger partial charge is 0.264 e. The van der Waals surface area contributed by atoms with Gasteiger partial charge in [0.15, 0.2) is 0 Å². The van der Waals surface area contributed by atoms with Crippen molar-refractivity contribution in [1.29, 1.82) is 0 Å². The highest BCUT2D eigenvalue weighted by molar-refractivity contribution is 7.92. The van der Waals surface area contributed by atoms with Gasteiger partial charge in [-0.2, -0.15) is 0 Å². The van der Waals surface area contributed by atoms with Gasteiger partial charge in [0, 0.05) is 18.1 Å². The molecular weight excluding hydrogens is 550 g/mol. The topological polar surface area (TPSA) is 96.0 Å². The van der Waals surface area contributed by atoms with Crippen LogP contribution in [0.15, 0.2) is 83.8 Å². The summed E-state index contributed by atoms with van der Waals surface area (Å²) in [5.74, 6) is -0.178. The monoisotopic (exact) mass is 585 g/mol. The molecule has 10 heteroatoms. The number of ether oxygens (including phenoxy) is 1. The Morgan fingerprint density at radius 3 is 2.30 bits per heavy atom. The lowest BCUT2D eigenvalue weighted by Crippen LogP contribution is -2.52. The number of hydrogen-bond donors (Lipinski definition) is 1. The zero-order chi connectivity index (χ0) is 29.1. The average molecular weight is 586 g/mol. The van der Waals surface area contributed by atoms with Crippen LogP contribution in [0.2, 0.25) is 5.02 Å². The third kappa shape index (κ3) is 7.99. The molecule has 0 unspecified atom stereocenters. The maximum absolute atomic E-state index is 14.0. The van der Waals surface area contributed by atoms with E-state index in [1.54, 1.807) is 55.6 Å². The second kappa shape index (κ2) is 14.7. The molecule has 214 valence electrons. The fourth-order valence-corrected chi connectivity index (χ4v) is 5.79. The molecule has 0 aliphatic heterocycles. The SMILES string of the molecule is CCCCNC(=O)[C@H](CC)N(Cc1cccc(OC)c1)C(=O)CN(c1ccccc1)S(=O)(=O)c1ccc(Cl)cc1. The van der Waals surface area contributed by atoms with Crippen molar-refractivity contribution in [2.45, 2.75) is 50.6 Å². The molecule has 0 heterocycles. The Bertz CT molecular complexity index is 1370. The first kappa shape index (κ1) is 31.0. The molecular formula is C30H36ClN3O5S. The van der Waals surface area contributed by atoms with Crippen molar-refractivity contribution in [3.05, 3.63) is 89.4 Å². The molecule has 0 saturated heterocycles. The first-order chi connectivity index (χ1) is 19.2. The minimum Gasteiger partial charge on any atom is -0.497 e. The quantitative estimate of drug-likeness (QED) is 0.260. The highest BCUT2D eigenvalue weighted by Crippen LogP contribution is 2.26. The van der Waals surface area contributed by atoms with E-state index in [1.807, 2.05) is 19.9 Å². The Balaban J connectivity index is 2.01. The second-order valence-electron chi connectivity index (χ2n) is 9.24. The Hall–Kier alpha value is -3.56. The summed E-state index contributed by atoms with van der Waals surface area (Å²) in [6, 6.07) is 20.6. The number of halogens is 1. The summed E-state index contributed by atoms with van der Waals surface area (Å²) < 4.78 is 34.0. The molecule has 3 aromatic carbocycles. The number of amides is 2. The zero-order valence-corrected chi connectivity index (χ0v) is 24.6. The van der Waals surface area contributed by atoms with Crippen molar-refractivity contribution in [3.8, 4) is 5.75 Å². The number of rotatable bonds is 14. The molecule has 0 fully saturated rings. The minimum absolute atomic E-state index is 0.00255. The van der Waals surface area contributed by atoms with Crippen molar-refractivity contribution in [2.24, 2.45) is 0 Å². The summed E-state index contributed by atoms with van der Waals surface area (Å²) in [5, 5.41) is 3.32. The van der Waals surface area contributed by atoms with Crippen LogP contribution in [0.4, 0.5) is 5.69 Å². The van der Waals surface area contributed by atoms with Crippen LogP contribution in [0.5, 0.6) is 5.75 Å². The van der Waals surface area contributed by atoms with E-state index in [-0.39, 0.29) is 17.3 Å². The Morgan fingerprint density at radius 2 is 1.68 bits per heavy atom. The normalized spacial score (nSPS) is 11.9. The number of carbonyl (C=O) groups is 2.